The van der Waals surface area contributed by atoms with Crippen molar-refractivity contribution in [1.82, 2.24) is 0 Å². The lowest BCUT2D eigenvalue weighted by Gasteiger charge is -2.23. The molecule has 2 aromatic rings. The van der Waals surface area contributed by atoms with Crippen LogP contribution in [0.2, 0.25) is 0 Å². The number of allylic oxidation sites excluding steroid dienone is 7. The summed E-state index contributed by atoms with van der Waals surface area (Å²) in [6.45, 7) is 13.3. The number of anilines is 1. The summed E-state index contributed by atoms with van der Waals surface area (Å²) in [5, 5.41) is 0.909. The SMILES string of the molecule is C=CC1=[N+](C)c2cccc(C3=C(Cl)C(=CC=C4N(C)c5ccccc5C4(C)C)CC3)c2C1(C)C. The first-order chi connectivity index (χ1) is 16.1. The lowest BCUT2D eigenvalue weighted by Crippen LogP contribution is -2.27. The van der Waals surface area contributed by atoms with Crippen molar-refractivity contribution in [2.45, 2.75) is 51.4 Å². The van der Waals surface area contributed by atoms with Gasteiger partial charge in [-0.15, -0.1) is 0 Å². The molecule has 0 saturated carbocycles. The Morgan fingerprint density at radius 1 is 0.971 bits per heavy atom. The molecule has 2 aromatic carbocycles. The fraction of sp³-hybridized carbons (Fsp3) is 0.323. The van der Waals surface area contributed by atoms with Crippen molar-refractivity contribution in [2.24, 2.45) is 0 Å². The highest BCUT2D eigenvalue weighted by atomic mass is 35.5. The number of nitrogens with zero attached hydrogens (tertiary/aromatic N) is 2. The van der Waals surface area contributed by atoms with E-state index >= 15 is 0 Å². The van der Waals surface area contributed by atoms with Crippen LogP contribution in [0.4, 0.5) is 11.4 Å². The predicted molar refractivity (Wildman–Crippen MR) is 147 cm³/mol. The molecule has 2 aliphatic heterocycles. The molecule has 5 rings (SSSR count). The Morgan fingerprint density at radius 3 is 2.41 bits per heavy atom. The number of fused-ring (bicyclic) bond motifs is 2. The van der Waals surface area contributed by atoms with Gasteiger partial charge in [-0.25, -0.2) is 0 Å². The minimum absolute atomic E-state index is 0.0359. The van der Waals surface area contributed by atoms with Crippen LogP contribution >= 0.6 is 11.6 Å². The van der Waals surface area contributed by atoms with Gasteiger partial charge in [0.05, 0.1) is 5.41 Å². The summed E-state index contributed by atoms with van der Waals surface area (Å²) in [5.74, 6) is 0. The largest absolute Gasteiger partial charge is 0.347 e. The van der Waals surface area contributed by atoms with Gasteiger partial charge in [0.25, 0.3) is 0 Å². The van der Waals surface area contributed by atoms with Crippen LogP contribution in [0.5, 0.6) is 0 Å². The zero-order chi connectivity index (χ0) is 24.4. The Kier molecular flexibility index (Phi) is 5.29. The number of rotatable bonds is 3. The van der Waals surface area contributed by atoms with E-state index in [1.165, 1.54) is 50.6 Å². The fourth-order valence-electron chi connectivity index (χ4n) is 6.36. The maximum Gasteiger partial charge on any atom is 0.210 e. The summed E-state index contributed by atoms with van der Waals surface area (Å²) in [7, 11) is 4.30. The van der Waals surface area contributed by atoms with Crippen LogP contribution in [-0.4, -0.2) is 24.4 Å². The number of hydrogen-bond acceptors (Lipinski definition) is 1. The molecule has 3 heteroatoms. The van der Waals surface area contributed by atoms with Crippen molar-refractivity contribution in [2.75, 3.05) is 19.0 Å². The predicted octanol–water partition coefficient (Wildman–Crippen LogP) is 7.86. The average Bonchev–Trinajstić information content (AvgIpc) is 3.34. The van der Waals surface area contributed by atoms with E-state index in [-0.39, 0.29) is 10.8 Å². The van der Waals surface area contributed by atoms with E-state index in [1.54, 1.807) is 0 Å². The van der Waals surface area contributed by atoms with E-state index < -0.39 is 0 Å². The molecule has 0 unspecified atom stereocenters. The molecular weight excluding hydrogens is 436 g/mol. The van der Waals surface area contributed by atoms with Gasteiger partial charge in [0.15, 0.2) is 5.71 Å². The highest BCUT2D eigenvalue weighted by Crippen LogP contribution is 2.49. The van der Waals surface area contributed by atoms with Gasteiger partial charge >= 0.3 is 0 Å². The minimum atomic E-state index is -0.108. The van der Waals surface area contributed by atoms with Crippen LogP contribution < -0.4 is 4.90 Å². The van der Waals surface area contributed by atoms with E-state index in [0.717, 1.165) is 17.9 Å². The number of para-hydroxylation sites is 1. The van der Waals surface area contributed by atoms with Crippen LogP contribution in [0.25, 0.3) is 5.57 Å². The van der Waals surface area contributed by atoms with Crippen LogP contribution in [0, 0.1) is 0 Å². The van der Waals surface area contributed by atoms with Crippen molar-refractivity contribution in [3.05, 3.63) is 100 Å². The molecule has 0 amide bonds. The Balaban J connectivity index is 1.56. The first kappa shape index (κ1) is 22.9. The van der Waals surface area contributed by atoms with E-state index in [1.807, 2.05) is 6.08 Å². The average molecular weight is 470 g/mol. The quantitative estimate of drug-likeness (QED) is 0.414. The molecule has 2 heterocycles. The molecule has 174 valence electrons. The summed E-state index contributed by atoms with van der Waals surface area (Å²) in [4.78, 5) is 2.31. The molecule has 34 heavy (non-hydrogen) atoms. The second-order valence-corrected chi connectivity index (χ2v) is 11.1. The molecule has 0 radical (unpaired) electrons. The van der Waals surface area contributed by atoms with E-state index in [4.69, 9.17) is 11.6 Å². The fourth-order valence-corrected chi connectivity index (χ4v) is 6.71. The third-order valence-corrected chi connectivity index (χ3v) is 8.59. The molecule has 0 N–H and O–H groups in total. The number of hydrogen-bond donors (Lipinski definition) is 0. The number of likely N-dealkylation sites (N-methyl/N-ethyl adjacent to an activating group) is 1. The van der Waals surface area contributed by atoms with E-state index in [0.29, 0.717) is 0 Å². The zero-order valence-electron chi connectivity index (χ0n) is 21.2. The Hall–Kier alpha value is -2.84. The van der Waals surface area contributed by atoms with Crippen LogP contribution in [0.15, 0.2) is 83.6 Å². The summed E-state index contributed by atoms with van der Waals surface area (Å²) < 4.78 is 2.27. The molecule has 0 bridgehead atoms. The number of benzene rings is 2. The van der Waals surface area contributed by atoms with E-state index in [2.05, 4.69) is 112 Å². The molecule has 0 spiro atoms. The van der Waals surface area contributed by atoms with Crippen molar-refractivity contribution < 1.29 is 4.58 Å². The zero-order valence-corrected chi connectivity index (χ0v) is 21.9. The second kappa shape index (κ2) is 7.85. The molecule has 1 aliphatic carbocycles. The first-order valence-corrected chi connectivity index (χ1v) is 12.5. The molecule has 0 atom stereocenters. The topological polar surface area (TPSA) is 6.25 Å². The standard InChI is InChI=1S/C31H34ClN2/c1-8-26-31(4,5)28-21(12-11-15-25(28)34(26)7)22-18-16-20(29(22)32)17-19-27-30(2,3)23-13-9-10-14-24(23)33(27)6/h8-15,17,19H,1,16,18H2,2-7H3/q+1. The summed E-state index contributed by atoms with van der Waals surface area (Å²) in [5.41, 5.74) is 11.4. The Bertz CT molecular complexity index is 1350. The molecule has 0 aromatic heterocycles. The highest BCUT2D eigenvalue weighted by Gasteiger charge is 2.45. The smallest absolute Gasteiger partial charge is 0.210 e. The maximum absolute atomic E-state index is 7.09. The maximum atomic E-state index is 7.09. The van der Waals surface area contributed by atoms with Crippen molar-refractivity contribution >= 4 is 34.3 Å². The van der Waals surface area contributed by atoms with Gasteiger partial charge in [0, 0.05) is 40.5 Å². The van der Waals surface area contributed by atoms with Gasteiger partial charge in [0.2, 0.25) is 5.69 Å². The monoisotopic (exact) mass is 469 g/mol. The first-order valence-electron chi connectivity index (χ1n) is 12.1. The van der Waals surface area contributed by atoms with Crippen molar-refractivity contribution in [1.29, 1.82) is 0 Å². The lowest BCUT2D eigenvalue weighted by molar-refractivity contribution is -0.401. The van der Waals surface area contributed by atoms with E-state index in [9.17, 15) is 0 Å². The van der Waals surface area contributed by atoms with Gasteiger partial charge in [0.1, 0.15) is 7.05 Å². The summed E-state index contributed by atoms with van der Waals surface area (Å²) in [6, 6.07) is 15.3. The van der Waals surface area contributed by atoms with Gasteiger partial charge in [-0.1, -0.05) is 68.4 Å². The normalized spacial score (nSPS) is 22.7. The van der Waals surface area contributed by atoms with Crippen LogP contribution in [0.3, 0.4) is 0 Å². The van der Waals surface area contributed by atoms with Crippen molar-refractivity contribution in [3.63, 3.8) is 0 Å². The van der Waals surface area contributed by atoms with Gasteiger partial charge in [-0.05, 0) is 67.2 Å². The second-order valence-electron chi connectivity index (χ2n) is 10.7. The summed E-state index contributed by atoms with van der Waals surface area (Å²) in [6.07, 6.45) is 8.44. The molecule has 0 fully saturated rings. The molecule has 2 nitrogen and oxygen atoms in total. The third-order valence-electron chi connectivity index (χ3n) is 8.12. The summed E-state index contributed by atoms with van der Waals surface area (Å²) >= 11 is 7.09. The van der Waals surface area contributed by atoms with Gasteiger partial charge < -0.3 is 4.90 Å². The Morgan fingerprint density at radius 2 is 1.71 bits per heavy atom. The molecule has 3 aliphatic rings. The van der Waals surface area contributed by atoms with Crippen LogP contribution in [0.1, 0.15) is 57.2 Å². The molecular formula is C31H34ClN2+. The van der Waals surface area contributed by atoms with Gasteiger partial charge in [-0.2, -0.15) is 4.58 Å². The highest BCUT2D eigenvalue weighted by molar-refractivity contribution is 6.36. The number of halogens is 1. The van der Waals surface area contributed by atoms with Crippen LogP contribution in [-0.2, 0) is 10.8 Å². The lowest BCUT2D eigenvalue weighted by atomic mass is 9.77. The minimum Gasteiger partial charge on any atom is -0.347 e. The third kappa shape index (κ3) is 3.11. The van der Waals surface area contributed by atoms with Crippen molar-refractivity contribution in [3.8, 4) is 0 Å². The Labute approximate surface area is 209 Å². The van der Waals surface area contributed by atoms with Gasteiger partial charge in [-0.3, -0.25) is 0 Å². The molecule has 0 saturated heterocycles.